The second-order valence-corrected chi connectivity index (χ2v) is 6.09. The van der Waals surface area contributed by atoms with E-state index < -0.39 is 0 Å². The molecule has 5 heteroatoms. The lowest BCUT2D eigenvalue weighted by atomic mass is 10.0. The minimum absolute atomic E-state index is 0.319. The van der Waals surface area contributed by atoms with E-state index in [0.717, 1.165) is 46.3 Å². The van der Waals surface area contributed by atoms with Crippen molar-refractivity contribution in [3.8, 4) is 0 Å². The van der Waals surface area contributed by atoms with E-state index in [0.29, 0.717) is 12.0 Å². The lowest BCUT2D eigenvalue weighted by molar-refractivity contribution is 0.175. The Hall–Kier alpha value is -1.72. The first-order chi connectivity index (χ1) is 10.3. The molecule has 2 atom stereocenters. The number of fused-ring (bicyclic) bond motifs is 3. The minimum Gasteiger partial charge on any atom is -0.381 e. The third-order valence-electron chi connectivity index (χ3n) is 4.50. The third-order valence-corrected chi connectivity index (χ3v) is 4.80. The Bertz CT molecular complexity index is 861. The molecule has 21 heavy (non-hydrogen) atoms. The summed E-state index contributed by atoms with van der Waals surface area (Å²) < 4.78 is 8.56. The Kier molecular flexibility index (Phi) is 3.05. The molecule has 0 saturated carbocycles. The molecule has 1 N–H and O–H groups in total. The molecular weight excluding hydrogens is 282 g/mol. The summed E-state index contributed by atoms with van der Waals surface area (Å²) in [5.41, 5.74) is 3.16. The van der Waals surface area contributed by atoms with Crippen molar-refractivity contribution in [1.29, 1.82) is 0 Å². The van der Waals surface area contributed by atoms with E-state index in [2.05, 4.69) is 27.5 Å². The number of imidazole rings is 1. The summed E-state index contributed by atoms with van der Waals surface area (Å²) in [5, 5.41) is 1.15. The van der Waals surface area contributed by atoms with Crippen molar-refractivity contribution in [3.63, 3.8) is 0 Å². The first-order valence-corrected chi connectivity index (χ1v) is 7.72. The SMILES string of the molecule is CC(C1CCOC1)n1c(=S)[nH]c2cnc3ccccc3c21. The van der Waals surface area contributed by atoms with Crippen LogP contribution in [0.3, 0.4) is 0 Å². The zero-order valence-corrected chi connectivity index (χ0v) is 12.7. The first kappa shape index (κ1) is 13.0. The van der Waals surface area contributed by atoms with Crippen LogP contribution in [0.1, 0.15) is 19.4 Å². The molecule has 0 bridgehead atoms. The van der Waals surface area contributed by atoms with Crippen molar-refractivity contribution < 1.29 is 4.74 Å². The Balaban J connectivity index is 2.00. The summed E-state index contributed by atoms with van der Waals surface area (Å²) in [6.45, 7) is 3.91. The van der Waals surface area contributed by atoms with Gasteiger partial charge in [0.15, 0.2) is 4.77 Å². The minimum atomic E-state index is 0.319. The van der Waals surface area contributed by atoms with Crippen molar-refractivity contribution >= 4 is 34.2 Å². The van der Waals surface area contributed by atoms with Gasteiger partial charge in [-0.2, -0.15) is 0 Å². The largest absolute Gasteiger partial charge is 0.381 e. The highest BCUT2D eigenvalue weighted by molar-refractivity contribution is 7.71. The van der Waals surface area contributed by atoms with Crippen LogP contribution in [0.15, 0.2) is 30.5 Å². The van der Waals surface area contributed by atoms with E-state index >= 15 is 0 Å². The summed E-state index contributed by atoms with van der Waals surface area (Å²) in [6.07, 6.45) is 2.97. The number of benzene rings is 1. The molecule has 1 aromatic carbocycles. The summed E-state index contributed by atoms with van der Waals surface area (Å²) >= 11 is 5.57. The first-order valence-electron chi connectivity index (χ1n) is 7.31. The van der Waals surface area contributed by atoms with E-state index in [1.165, 1.54) is 0 Å². The van der Waals surface area contributed by atoms with Crippen molar-refractivity contribution in [1.82, 2.24) is 14.5 Å². The molecule has 4 rings (SSSR count). The zero-order valence-electron chi connectivity index (χ0n) is 11.9. The summed E-state index contributed by atoms with van der Waals surface area (Å²) in [5.74, 6) is 0.516. The Morgan fingerprint density at radius 2 is 2.29 bits per heavy atom. The lowest BCUT2D eigenvalue weighted by Crippen LogP contribution is -2.17. The van der Waals surface area contributed by atoms with Crippen molar-refractivity contribution in [3.05, 3.63) is 35.2 Å². The molecule has 0 spiro atoms. The number of ether oxygens (including phenoxy) is 1. The highest BCUT2D eigenvalue weighted by Gasteiger charge is 2.25. The summed E-state index contributed by atoms with van der Waals surface area (Å²) in [4.78, 5) is 7.80. The van der Waals surface area contributed by atoms with Gasteiger partial charge in [0.1, 0.15) is 0 Å². The van der Waals surface area contributed by atoms with E-state index in [1.54, 1.807) is 0 Å². The van der Waals surface area contributed by atoms with Gasteiger partial charge in [-0.05, 0) is 31.6 Å². The van der Waals surface area contributed by atoms with Crippen LogP contribution in [0.2, 0.25) is 0 Å². The standard InChI is InChI=1S/C16H17N3OS/c1-10(11-6-7-20-9-11)19-15-12-4-2-3-5-13(12)17-8-14(15)18-16(19)21/h2-5,8,10-11H,6-7,9H2,1H3,(H,18,21). The topological polar surface area (TPSA) is 42.8 Å². The van der Waals surface area contributed by atoms with Gasteiger partial charge in [0, 0.05) is 24.0 Å². The molecule has 4 nitrogen and oxygen atoms in total. The number of hydrogen-bond acceptors (Lipinski definition) is 3. The molecule has 108 valence electrons. The third kappa shape index (κ3) is 2.00. The molecule has 1 fully saturated rings. The van der Waals surface area contributed by atoms with Crippen LogP contribution < -0.4 is 0 Å². The number of aromatic nitrogens is 3. The van der Waals surface area contributed by atoms with Gasteiger partial charge in [-0.1, -0.05) is 18.2 Å². The molecule has 2 aromatic heterocycles. The second kappa shape index (κ2) is 4.93. The second-order valence-electron chi connectivity index (χ2n) is 5.70. The van der Waals surface area contributed by atoms with Gasteiger partial charge in [0.05, 0.1) is 29.4 Å². The molecule has 1 aliphatic heterocycles. The summed E-state index contributed by atoms with van der Waals surface area (Å²) in [6, 6.07) is 8.54. The smallest absolute Gasteiger partial charge is 0.178 e. The maximum atomic E-state index is 5.57. The molecule has 0 radical (unpaired) electrons. The monoisotopic (exact) mass is 299 g/mol. The van der Waals surface area contributed by atoms with Crippen molar-refractivity contribution in [2.45, 2.75) is 19.4 Å². The van der Waals surface area contributed by atoms with E-state index in [-0.39, 0.29) is 0 Å². The normalized spacial score (nSPS) is 20.3. The molecule has 3 heterocycles. The van der Waals surface area contributed by atoms with Gasteiger partial charge < -0.3 is 14.3 Å². The fourth-order valence-corrected chi connectivity index (χ4v) is 3.65. The Labute approximate surface area is 127 Å². The molecule has 1 saturated heterocycles. The fraction of sp³-hybridized carbons (Fsp3) is 0.375. The molecule has 3 aromatic rings. The molecule has 0 amide bonds. The van der Waals surface area contributed by atoms with Crippen LogP contribution in [-0.2, 0) is 4.74 Å². The van der Waals surface area contributed by atoms with Crippen molar-refractivity contribution in [2.75, 3.05) is 13.2 Å². The number of aromatic amines is 1. The highest BCUT2D eigenvalue weighted by atomic mass is 32.1. The molecule has 2 unspecified atom stereocenters. The lowest BCUT2D eigenvalue weighted by Gasteiger charge is -2.20. The van der Waals surface area contributed by atoms with E-state index in [9.17, 15) is 0 Å². The van der Waals surface area contributed by atoms with Gasteiger partial charge in [0.2, 0.25) is 0 Å². The van der Waals surface area contributed by atoms with Gasteiger partial charge in [-0.15, -0.1) is 0 Å². The summed E-state index contributed by atoms with van der Waals surface area (Å²) in [7, 11) is 0. The fourth-order valence-electron chi connectivity index (χ4n) is 3.29. The Morgan fingerprint density at radius 1 is 1.43 bits per heavy atom. The number of hydrogen-bond donors (Lipinski definition) is 1. The zero-order chi connectivity index (χ0) is 14.4. The van der Waals surface area contributed by atoms with Crippen LogP contribution >= 0.6 is 12.2 Å². The number of pyridine rings is 1. The number of nitrogens with zero attached hydrogens (tertiary/aromatic N) is 2. The van der Waals surface area contributed by atoms with Gasteiger partial charge in [0.25, 0.3) is 0 Å². The predicted molar refractivity (Wildman–Crippen MR) is 86.1 cm³/mol. The van der Waals surface area contributed by atoms with Gasteiger partial charge >= 0.3 is 0 Å². The van der Waals surface area contributed by atoms with Crippen molar-refractivity contribution in [2.24, 2.45) is 5.92 Å². The van der Waals surface area contributed by atoms with Crippen LogP contribution in [0, 0.1) is 10.7 Å². The van der Waals surface area contributed by atoms with E-state index in [1.807, 2.05) is 24.4 Å². The Morgan fingerprint density at radius 3 is 3.10 bits per heavy atom. The highest BCUT2D eigenvalue weighted by Crippen LogP contribution is 2.32. The molecule has 0 aliphatic carbocycles. The molecule has 1 aliphatic rings. The van der Waals surface area contributed by atoms with Crippen LogP contribution in [-0.4, -0.2) is 27.7 Å². The molecular formula is C16H17N3OS. The van der Waals surface area contributed by atoms with Crippen LogP contribution in [0.5, 0.6) is 0 Å². The number of nitrogens with one attached hydrogen (secondary N) is 1. The van der Waals surface area contributed by atoms with Gasteiger partial charge in [-0.3, -0.25) is 4.98 Å². The van der Waals surface area contributed by atoms with Gasteiger partial charge in [-0.25, -0.2) is 0 Å². The number of H-pyrrole nitrogens is 1. The van der Waals surface area contributed by atoms with E-state index in [4.69, 9.17) is 17.0 Å². The number of rotatable bonds is 2. The number of para-hydroxylation sites is 1. The average Bonchev–Trinajstić information content (AvgIpc) is 3.13. The van der Waals surface area contributed by atoms with Crippen LogP contribution in [0.25, 0.3) is 21.9 Å². The average molecular weight is 299 g/mol. The maximum Gasteiger partial charge on any atom is 0.178 e. The maximum absolute atomic E-state index is 5.57. The van der Waals surface area contributed by atoms with Crippen LogP contribution in [0.4, 0.5) is 0 Å². The quantitative estimate of drug-likeness (QED) is 0.731. The predicted octanol–water partition coefficient (Wildman–Crippen LogP) is 3.84.